The summed E-state index contributed by atoms with van der Waals surface area (Å²) in [6.07, 6.45) is 8.08. The van der Waals surface area contributed by atoms with Crippen LogP contribution in [0.3, 0.4) is 0 Å². The number of hydrogen-bond donors (Lipinski definition) is 1. The molecule has 0 saturated heterocycles. The van der Waals surface area contributed by atoms with Gasteiger partial charge in [0, 0.05) is 30.7 Å². The largest absolute Gasteiger partial charge is 0.472 e. The highest BCUT2D eigenvalue weighted by molar-refractivity contribution is 5.93. The fourth-order valence-electron chi connectivity index (χ4n) is 1.94. The van der Waals surface area contributed by atoms with E-state index in [2.05, 4.69) is 15.3 Å². The second-order valence-corrected chi connectivity index (χ2v) is 4.48. The minimum Gasteiger partial charge on any atom is -0.472 e. The predicted molar refractivity (Wildman–Crippen MR) is 77.3 cm³/mol. The highest BCUT2D eigenvalue weighted by Gasteiger charge is 2.07. The molecule has 0 radical (unpaired) electrons. The number of pyridine rings is 2. The molecule has 3 rings (SSSR count). The second kappa shape index (κ2) is 6.00. The number of rotatable bonds is 4. The SMILES string of the molecule is O=C(NCc1ccnc(-c2ccncc2)c1)c1ccoc1. The zero-order valence-corrected chi connectivity index (χ0v) is 11.2. The quantitative estimate of drug-likeness (QED) is 0.797. The van der Waals surface area contributed by atoms with Crippen molar-refractivity contribution in [2.75, 3.05) is 0 Å². The molecule has 0 aromatic carbocycles. The average molecular weight is 279 g/mol. The number of aromatic nitrogens is 2. The first-order valence-electron chi connectivity index (χ1n) is 6.48. The van der Waals surface area contributed by atoms with E-state index >= 15 is 0 Å². The van der Waals surface area contributed by atoms with Crippen LogP contribution in [0.2, 0.25) is 0 Å². The van der Waals surface area contributed by atoms with Gasteiger partial charge in [-0.3, -0.25) is 14.8 Å². The maximum absolute atomic E-state index is 11.8. The lowest BCUT2D eigenvalue weighted by molar-refractivity contribution is 0.0950. The van der Waals surface area contributed by atoms with Gasteiger partial charge in [0.25, 0.3) is 5.91 Å². The Morgan fingerprint density at radius 3 is 2.76 bits per heavy atom. The molecule has 0 atom stereocenters. The van der Waals surface area contributed by atoms with E-state index in [-0.39, 0.29) is 5.91 Å². The second-order valence-electron chi connectivity index (χ2n) is 4.48. The molecule has 0 spiro atoms. The van der Waals surface area contributed by atoms with Crippen molar-refractivity contribution in [2.24, 2.45) is 0 Å². The minimum absolute atomic E-state index is 0.161. The summed E-state index contributed by atoms with van der Waals surface area (Å²) in [6.45, 7) is 0.435. The molecule has 104 valence electrons. The van der Waals surface area contributed by atoms with Gasteiger partial charge in [-0.25, -0.2) is 0 Å². The van der Waals surface area contributed by atoms with E-state index in [1.807, 2.05) is 24.3 Å². The summed E-state index contributed by atoms with van der Waals surface area (Å²) < 4.78 is 4.89. The first-order chi connectivity index (χ1) is 10.3. The van der Waals surface area contributed by atoms with Gasteiger partial charge < -0.3 is 9.73 Å². The molecule has 1 amide bonds. The summed E-state index contributed by atoms with van der Waals surface area (Å²) in [5.41, 5.74) is 3.34. The van der Waals surface area contributed by atoms with Crippen molar-refractivity contribution in [1.82, 2.24) is 15.3 Å². The van der Waals surface area contributed by atoms with Crippen LogP contribution in [0.25, 0.3) is 11.3 Å². The van der Waals surface area contributed by atoms with E-state index < -0.39 is 0 Å². The topological polar surface area (TPSA) is 68.0 Å². The van der Waals surface area contributed by atoms with Gasteiger partial charge in [0.15, 0.2) is 0 Å². The van der Waals surface area contributed by atoms with Crippen LogP contribution in [0.5, 0.6) is 0 Å². The van der Waals surface area contributed by atoms with E-state index in [4.69, 9.17) is 4.42 Å². The van der Waals surface area contributed by atoms with Gasteiger partial charge in [-0.2, -0.15) is 0 Å². The lowest BCUT2D eigenvalue weighted by Crippen LogP contribution is -2.22. The highest BCUT2D eigenvalue weighted by atomic mass is 16.3. The van der Waals surface area contributed by atoms with Crippen molar-refractivity contribution in [2.45, 2.75) is 6.54 Å². The predicted octanol–water partition coefficient (Wildman–Crippen LogP) is 2.67. The molecular weight excluding hydrogens is 266 g/mol. The molecule has 3 heterocycles. The van der Waals surface area contributed by atoms with E-state index in [0.29, 0.717) is 12.1 Å². The van der Waals surface area contributed by atoms with Crippen molar-refractivity contribution in [1.29, 1.82) is 0 Å². The van der Waals surface area contributed by atoms with E-state index in [1.165, 1.54) is 12.5 Å². The van der Waals surface area contributed by atoms with Crippen LogP contribution < -0.4 is 5.32 Å². The Kier molecular flexibility index (Phi) is 3.73. The van der Waals surface area contributed by atoms with E-state index in [1.54, 1.807) is 24.7 Å². The summed E-state index contributed by atoms with van der Waals surface area (Å²) in [6, 6.07) is 9.25. The molecule has 21 heavy (non-hydrogen) atoms. The fourth-order valence-corrected chi connectivity index (χ4v) is 1.94. The summed E-state index contributed by atoms with van der Waals surface area (Å²) in [7, 11) is 0. The fraction of sp³-hybridized carbons (Fsp3) is 0.0625. The van der Waals surface area contributed by atoms with Crippen LogP contribution in [0.4, 0.5) is 0 Å². The van der Waals surface area contributed by atoms with Crippen molar-refractivity contribution in [3.63, 3.8) is 0 Å². The first-order valence-corrected chi connectivity index (χ1v) is 6.48. The number of nitrogens with zero attached hydrogens (tertiary/aromatic N) is 2. The minimum atomic E-state index is -0.161. The number of amides is 1. The Labute approximate surface area is 121 Å². The molecule has 5 nitrogen and oxygen atoms in total. The molecule has 0 aliphatic heterocycles. The van der Waals surface area contributed by atoms with Gasteiger partial charge in [-0.05, 0) is 35.9 Å². The van der Waals surface area contributed by atoms with E-state index in [0.717, 1.165) is 16.8 Å². The average Bonchev–Trinajstić information content (AvgIpc) is 3.08. The van der Waals surface area contributed by atoms with Crippen LogP contribution >= 0.6 is 0 Å². The van der Waals surface area contributed by atoms with Crippen molar-refractivity contribution in [3.8, 4) is 11.3 Å². The van der Waals surface area contributed by atoms with Crippen LogP contribution in [0, 0.1) is 0 Å². The lowest BCUT2D eigenvalue weighted by atomic mass is 10.1. The molecule has 0 aliphatic carbocycles. The molecule has 3 aromatic rings. The number of carbonyl (C=O) groups excluding carboxylic acids is 1. The zero-order chi connectivity index (χ0) is 14.5. The van der Waals surface area contributed by atoms with Gasteiger partial charge in [-0.15, -0.1) is 0 Å². The maximum Gasteiger partial charge on any atom is 0.254 e. The third kappa shape index (κ3) is 3.14. The van der Waals surface area contributed by atoms with Crippen LogP contribution in [-0.4, -0.2) is 15.9 Å². The third-order valence-corrected chi connectivity index (χ3v) is 3.04. The molecule has 0 saturated carbocycles. The maximum atomic E-state index is 11.8. The van der Waals surface area contributed by atoms with Crippen LogP contribution in [-0.2, 0) is 6.54 Å². The normalized spacial score (nSPS) is 10.3. The molecule has 0 aliphatic rings. The summed E-state index contributed by atoms with van der Waals surface area (Å²) in [5.74, 6) is -0.161. The third-order valence-electron chi connectivity index (χ3n) is 3.04. The number of hydrogen-bond acceptors (Lipinski definition) is 4. The molecule has 1 N–H and O–H groups in total. The molecule has 0 bridgehead atoms. The number of furan rings is 1. The molecular formula is C16H13N3O2. The highest BCUT2D eigenvalue weighted by Crippen LogP contribution is 2.16. The Morgan fingerprint density at radius 2 is 2.00 bits per heavy atom. The summed E-state index contributed by atoms with van der Waals surface area (Å²) in [5, 5.41) is 2.84. The van der Waals surface area contributed by atoms with Crippen molar-refractivity contribution in [3.05, 3.63) is 72.6 Å². The smallest absolute Gasteiger partial charge is 0.254 e. The number of nitrogens with one attached hydrogen (secondary N) is 1. The molecule has 5 heteroatoms. The first kappa shape index (κ1) is 13.1. The zero-order valence-electron chi connectivity index (χ0n) is 11.2. The summed E-state index contributed by atoms with van der Waals surface area (Å²) in [4.78, 5) is 20.2. The Balaban J connectivity index is 1.71. The summed E-state index contributed by atoms with van der Waals surface area (Å²) >= 11 is 0. The van der Waals surface area contributed by atoms with Gasteiger partial charge in [-0.1, -0.05) is 0 Å². The Hall–Kier alpha value is -2.95. The Morgan fingerprint density at radius 1 is 1.14 bits per heavy atom. The molecule has 0 fully saturated rings. The Bertz CT molecular complexity index is 724. The van der Waals surface area contributed by atoms with Crippen LogP contribution in [0.1, 0.15) is 15.9 Å². The van der Waals surface area contributed by atoms with Gasteiger partial charge in [0.1, 0.15) is 6.26 Å². The van der Waals surface area contributed by atoms with Crippen molar-refractivity contribution < 1.29 is 9.21 Å². The lowest BCUT2D eigenvalue weighted by Gasteiger charge is -2.06. The van der Waals surface area contributed by atoms with Gasteiger partial charge in [0.05, 0.1) is 17.5 Å². The van der Waals surface area contributed by atoms with Gasteiger partial charge in [0.2, 0.25) is 0 Å². The monoisotopic (exact) mass is 279 g/mol. The van der Waals surface area contributed by atoms with Crippen molar-refractivity contribution >= 4 is 5.91 Å². The molecule has 0 unspecified atom stereocenters. The van der Waals surface area contributed by atoms with E-state index in [9.17, 15) is 4.79 Å². The standard InChI is InChI=1S/C16H13N3O2/c20-16(14-4-8-21-11-14)19-10-12-1-7-18-15(9-12)13-2-5-17-6-3-13/h1-9,11H,10H2,(H,19,20). The number of carbonyl (C=O) groups is 1. The molecule has 3 aromatic heterocycles. The van der Waals surface area contributed by atoms with Crippen LogP contribution in [0.15, 0.2) is 65.9 Å². The van der Waals surface area contributed by atoms with Gasteiger partial charge >= 0.3 is 0 Å².